The van der Waals surface area contributed by atoms with Gasteiger partial charge in [-0.25, -0.2) is 0 Å². The lowest BCUT2D eigenvalue weighted by Gasteiger charge is -2.06. The van der Waals surface area contributed by atoms with Gasteiger partial charge in [0.05, 0.1) is 6.54 Å². The molecule has 1 rings (SSSR count). The molecule has 0 saturated carbocycles. The van der Waals surface area contributed by atoms with E-state index < -0.39 is 0 Å². The van der Waals surface area contributed by atoms with E-state index in [0.29, 0.717) is 6.54 Å². The van der Waals surface area contributed by atoms with Crippen molar-refractivity contribution >= 4 is 5.78 Å². The van der Waals surface area contributed by atoms with Gasteiger partial charge in [0.2, 0.25) is 0 Å². The monoisotopic (exact) mass is 212 g/mol. The van der Waals surface area contributed by atoms with E-state index in [4.69, 9.17) is 0 Å². The molecule has 88 valence electrons. The minimum Gasteiger partial charge on any atom is -0.300 e. The Morgan fingerprint density at radius 2 is 1.87 bits per heavy atom. The van der Waals surface area contributed by atoms with Gasteiger partial charge in [0.1, 0.15) is 5.78 Å². The summed E-state index contributed by atoms with van der Waals surface area (Å²) in [5.74, 6) is 0.274. The van der Waals surface area contributed by atoms with E-state index in [1.807, 2.05) is 46.9 Å². The van der Waals surface area contributed by atoms with Gasteiger partial charge in [0.25, 0.3) is 0 Å². The Kier molecular flexibility index (Phi) is 11.9. The van der Waals surface area contributed by atoms with Gasteiger partial charge in [-0.2, -0.15) is 5.10 Å². The van der Waals surface area contributed by atoms with Crippen molar-refractivity contribution in [2.45, 2.75) is 48.1 Å². The Bertz CT molecular complexity index is 230. The lowest BCUT2D eigenvalue weighted by molar-refractivity contribution is -0.120. The molecule has 0 radical (unpaired) electrons. The number of Topliss-reactive ketones (excluding diaryl/α,β-unsaturated/α-hetero) is 1. The first-order chi connectivity index (χ1) is 7.20. The van der Waals surface area contributed by atoms with Crippen molar-refractivity contribution < 1.29 is 4.79 Å². The topological polar surface area (TPSA) is 34.9 Å². The molecule has 0 aliphatic rings. The molecular weight excluding hydrogens is 188 g/mol. The van der Waals surface area contributed by atoms with Crippen LogP contribution in [0.25, 0.3) is 0 Å². The summed E-state index contributed by atoms with van der Waals surface area (Å²) in [4.78, 5) is 10.8. The fourth-order valence-electron chi connectivity index (χ4n) is 0.818. The molecule has 0 fully saturated rings. The molecule has 1 heterocycles. The van der Waals surface area contributed by atoms with Crippen LogP contribution >= 0.6 is 0 Å². The van der Waals surface area contributed by atoms with Crippen molar-refractivity contribution in [3.63, 3.8) is 0 Å². The van der Waals surface area contributed by atoms with Gasteiger partial charge in [-0.15, -0.1) is 0 Å². The number of carbonyl (C=O) groups is 1. The maximum absolute atomic E-state index is 10.8. The minimum absolute atomic E-state index is 0.0647. The van der Waals surface area contributed by atoms with Crippen molar-refractivity contribution in [3.05, 3.63) is 18.5 Å². The molecule has 0 spiro atoms. The number of nitrogens with zero attached hydrogens (tertiary/aromatic N) is 2. The van der Waals surface area contributed by atoms with Crippen LogP contribution in [0, 0.1) is 5.92 Å². The van der Waals surface area contributed by atoms with Crippen LogP contribution < -0.4 is 0 Å². The summed E-state index contributed by atoms with van der Waals surface area (Å²) in [6.45, 7) is 12.2. The van der Waals surface area contributed by atoms with E-state index in [2.05, 4.69) is 5.10 Å². The first-order valence-corrected chi connectivity index (χ1v) is 5.68. The highest BCUT2D eigenvalue weighted by Gasteiger charge is 2.07. The Morgan fingerprint density at radius 1 is 1.33 bits per heavy atom. The number of rotatable bonds is 3. The molecular formula is C12H24N2O. The number of hydrogen-bond acceptors (Lipinski definition) is 2. The molecule has 0 amide bonds. The predicted molar refractivity (Wildman–Crippen MR) is 64.8 cm³/mol. The van der Waals surface area contributed by atoms with Gasteiger partial charge < -0.3 is 0 Å². The largest absolute Gasteiger partial charge is 0.300 e. The summed E-state index contributed by atoms with van der Waals surface area (Å²) in [5.41, 5.74) is 0. The molecule has 0 aromatic carbocycles. The standard InChI is InChI=1S/C8H12N2O.2C2H6/c1-7(8(2)11)6-10-5-3-4-9-10;2*1-2/h3-5,7H,6H2,1-2H3;2*1-2H3. The average molecular weight is 212 g/mol. The summed E-state index contributed by atoms with van der Waals surface area (Å²) >= 11 is 0. The molecule has 1 unspecified atom stereocenters. The maximum atomic E-state index is 10.8. The highest BCUT2D eigenvalue weighted by molar-refractivity contribution is 5.77. The molecule has 3 heteroatoms. The zero-order valence-electron chi connectivity index (χ0n) is 10.8. The Morgan fingerprint density at radius 3 is 2.20 bits per heavy atom. The second-order valence-electron chi connectivity index (χ2n) is 2.74. The van der Waals surface area contributed by atoms with Crippen molar-refractivity contribution in [1.29, 1.82) is 0 Å². The number of aromatic nitrogens is 2. The van der Waals surface area contributed by atoms with E-state index in [1.165, 1.54) is 0 Å². The molecule has 3 nitrogen and oxygen atoms in total. The lowest BCUT2D eigenvalue weighted by atomic mass is 10.1. The van der Waals surface area contributed by atoms with Crippen LogP contribution in [-0.2, 0) is 11.3 Å². The normalized spacial score (nSPS) is 10.3. The van der Waals surface area contributed by atoms with E-state index in [1.54, 1.807) is 17.8 Å². The molecule has 1 atom stereocenters. The van der Waals surface area contributed by atoms with Crippen LogP contribution in [0.2, 0.25) is 0 Å². The van der Waals surface area contributed by atoms with Crippen LogP contribution in [0.4, 0.5) is 0 Å². The molecule has 0 aliphatic carbocycles. The molecule has 0 saturated heterocycles. The van der Waals surface area contributed by atoms with Gasteiger partial charge in [-0.05, 0) is 13.0 Å². The minimum atomic E-state index is 0.0647. The van der Waals surface area contributed by atoms with Crippen LogP contribution in [0.5, 0.6) is 0 Å². The van der Waals surface area contributed by atoms with Gasteiger partial charge >= 0.3 is 0 Å². The van der Waals surface area contributed by atoms with E-state index in [-0.39, 0.29) is 11.7 Å². The average Bonchev–Trinajstić information content (AvgIpc) is 2.76. The van der Waals surface area contributed by atoms with Gasteiger partial charge in [0.15, 0.2) is 0 Å². The maximum Gasteiger partial charge on any atom is 0.134 e. The predicted octanol–water partition coefficient (Wildman–Crippen LogP) is 3.16. The van der Waals surface area contributed by atoms with E-state index in [9.17, 15) is 4.79 Å². The Balaban J connectivity index is 0. The number of ketones is 1. The SMILES string of the molecule is CC.CC.CC(=O)C(C)Cn1cccn1. The summed E-state index contributed by atoms with van der Waals surface area (Å²) in [6, 6.07) is 1.85. The first-order valence-electron chi connectivity index (χ1n) is 5.68. The number of hydrogen-bond donors (Lipinski definition) is 0. The van der Waals surface area contributed by atoms with Crippen molar-refractivity contribution in [2.75, 3.05) is 0 Å². The Labute approximate surface area is 93.5 Å². The van der Waals surface area contributed by atoms with Gasteiger partial charge in [-0.1, -0.05) is 34.6 Å². The third-order valence-corrected chi connectivity index (χ3v) is 1.71. The summed E-state index contributed by atoms with van der Waals surface area (Å²) in [5, 5.41) is 4.00. The van der Waals surface area contributed by atoms with E-state index >= 15 is 0 Å². The zero-order valence-corrected chi connectivity index (χ0v) is 10.8. The third kappa shape index (κ3) is 7.91. The molecule has 1 aromatic rings. The summed E-state index contributed by atoms with van der Waals surface area (Å²) < 4.78 is 1.77. The second kappa shape index (κ2) is 11.0. The fourth-order valence-corrected chi connectivity index (χ4v) is 0.818. The lowest BCUT2D eigenvalue weighted by Crippen LogP contribution is -2.14. The molecule has 0 bridgehead atoms. The summed E-state index contributed by atoms with van der Waals surface area (Å²) in [7, 11) is 0. The van der Waals surface area contributed by atoms with Crippen LogP contribution in [0.3, 0.4) is 0 Å². The van der Waals surface area contributed by atoms with Crippen LogP contribution in [-0.4, -0.2) is 15.6 Å². The molecule has 0 aliphatic heterocycles. The van der Waals surface area contributed by atoms with Gasteiger partial charge in [0, 0.05) is 18.3 Å². The quantitative estimate of drug-likeness (QED) is 0.771. The molecule has 1 aromatic heterocycles. The zero-order chi connectivity index (χ0) is 12.3. The smallest absolute Gasteiger partial charge is 0.134 e. The van der Waals surface area contributed by atoms with Crippen LogP contribution in [0.1, 0.15) is 41.5 Å². The number of carbonyl (C=O) groups excluding carboxylic acids is 1. The van der Waals surface area contributed by atoms with E-state index in [0.717, 1.165) is 0 Å². The fraction of sp³-hybridized carbons (Fsp3) is 0.667. The van der Waals surface area contributed by atoms with Gasteiger partial charge in [-0.3, -0.25) is 9.48 Å². The van der Waals surface area contributed by atoms with Crippen molar-refractivity contribution in [3.8, 4) is 0 Å². The Hall–Kier alpha value is -1.12. The third-order valence-electron chi connectivity index (χ3n) is 1.71. The first kappa shape index (κ1) is 16.3. The van der Waals surface area contributed by atoms with Crippen LogP contribution in [0.15, 0.2) is 18.5 Å². The second-order valence-corrected chi connectivity index (χ2v) is 2.74. The molecule has 0 N–H and O–H groups in total. The van der Waals surface area contributed by atoms with Crippen molar-refractivity contribution in [2.24, 2.45) is 5.92 Å². The van der Waals surface area contributed by atoms with Crippen molar-refractivity contribution in [1.82, 2.24) is 9.78 Å². The summed E-state index contributed by atoms with van der Waals surface area (Å²) in [6.07, 6.45) is 3.58. The molecule has 15 heavy (non-hydrogen) atoms. The highest BCUT2D eigenvalue weighted by Crippen LogP contribution is 1.99. The highest BCUT2D eigenvalue weighted by atomic mass is 16.1.